The molecule has 0 atom stereocenters. The zero-order valence-electron chi connectivity index (χ0n) is 10.6. The lowest BCUT2D eigenvalue weighted by molar-refractivity contribution is 0.549. The van der Waals surface area contributed by atoms with E-state index in [9.17, 15) is 0 Å². The summed E-state index contributed by atoms with van der Waals surface area (Å²) in [6.45, 7) is 6.20. The molecule has 0 aromatic carbocycles. The summed E-state index contributed by atoms with van der Waals surface area (Å²) in [7, 11) is 0. The van der Waals surface area contributed by atoms with Crippen LogP contribution in [0.15, 0.2) is 29.1 Å². The van der Waals surface area contributed by atoms with Gasteiger partial charge >= 0.3 is 0 Å². The van der Waals surface area contributed by atoms with Crippen molar-refractivity contribution in [3.05, 3.63) is 34.8 Å². The molecule has 0 bridgehead atoms. The lowest BCUT2D eigenvalue weighted by Gasteiger charge is -2.05. The van der Waals surface area contributed by atoms with E-state index in [-0.39, 0.29) is 0 Å². The third-order valence-electron chi connectivity index (χ3n) is 2.47. The summed E-state index contributed by atoms with van der Waals surface area (Å²) in [6.07, 6.45) is 5.43. The molecule has 0 saturated carbocycles. The molecule has 0 aliphatic carbocycles. The highest BCUT2D eigenvalue weighted by atomic mass is 79.9. The van der Waals surface area contributed by atoms with E-state index in [1.807, 2.05) is 12.3 Å². The number of rotatable bonds is 5. The van der Waals surface area contributed by atoms with Crippen LogP contribution in [-0.2, 0) is 6.54 Å². The summed E-state index contributed by atoms with van der Waals surface area (Å²) < 4.78 is 0.955. The zero-order chi connectivity index (χ0) is 13.0. The second-order valence-corrected chi connectivity index (χ2v) is 5.59. The van der Waals surface area contributed by atoms with Crippen LogP contribution in [0.2, 0.25) is 0 Å². The molecule has 0 aliphatic heterocycles. The second-order valence-electron chi connectivity index (χ2n) is 4.67. The van der Waals surface area contributed by atoms with Crippen LogP contribution in [0.5, 0.6) is 0 Å². The van der Waals surface area contributed by atoms with E-state index in [1.54, 1.807) is 12.4 Å². The zero-order valence-corrected chi connectivity index (χ0v) is 12.2. The highest BCUT2D eigenvalue weighted by molar-refractivity contribution is 9.10. The van der Waals surface area contributed by atoms with Crippen LogP contribution in [-0.4, -0.2) is 21.5 Å². The van der Waals surface area contributed by atoms with E-state index in [0.717, 1.165) is 34.6 Å². The molecule has 2 aromatic heterocycles. The van der Waals surface area contributed by atoms with Crippen LogP contribution in [0.1, 0.15) is 19.5 Å². The van der Waals surface area contributed by atoms with E-state index >= 15 is 0 Å². The van der Waals surface area contributed by atoms with Crippen LogP contribution < -0.4 is 5.32 Å². The number of aromatic nitrogens is 3. The van der Waals surface area contributed by atoms with Crippen molar-refractivity contribution >= 4 is 15.9 Å². The number of imidazole rings is 1. The number of halogens is 1. The predicted molar refractivity (Wildman–Crippen MR) is 76.1 cm³/mol. The maximum atomic E-state index is 4.37. The molecule has 0 spiro atoms. The summed E-state index contributed by atoms with van der Waals surface area (Å²) in [5.74, 6) is 1.51. The average Bonchev–Trinajstić information content (AvgIpc) is 2.77. The van der Waals surface area contributed by atoms with E-state index in [4.69, 9.17) is 0 Å². The van der Waals surface area contributed by atoms with Gasteiger partial charge in [-0.2, -0.15) is 0 Å². The third-order valence-corrected chi connectivity index (χ3v) is 2.91. The SMILES string of the molecule is CC(C)CNCc1cnc(-c2cncc(Br)c2)[nH]1. The van der Waals surface area contributed by atoms with Crippen molar-refractivity contribution in [2.45, 2.75) is 20.4 Å². The van der Waals surface area contributed by atoms with Gasteiger partial charge in [-0.15, -0.1) is 0 Å². The van der Waals surface area contributed by atoms with Crippen molar-refractivity contribution < 1.29 is 0 Å². The summed E-state index contributed by atoms with van der Waals surface area (Å²) in [6, 6.07) is 2.00. The van der Waals surface area contributed by atoms with Crippen molar-refractivity contribution in [2.75, 3.05) is 6.54 Å². The fourth-order valence-electron chi connectivity index (χ4n) is 1.63. The lowest BCUT2D eigenvalue weighted by atomic mass is 10.2. The summed E-state index contributed by atoms with van der Waals surface area (Å²) in [5.41, 5.74) is 2.07. The fourth-order valence-corrected chi connectivity index (χ4v) is 2.00. The number of aromatic amines is 1. The monoisotopic (exact) mass is 308 g/mol. The van der Waals surface area contributed by atoms with E-state index in [0.29, 0.717) is 5.92 Å². The van der Waals surface area contributed by atoms with Crippen LogP contribution >= 0.6 is 15.9 Å². The minimum Gasteiger partial charge on any atom is -0.341 e. The molecule has 18 heavy (non-hydrogen) atoms. The molecule has 0 amide bonds. The van der Waals surface area contributed by atoms with E-state index in [2.05, 4.69) is 50.0 Å². The normalized spacial score (nSPS) is 11.1. The van der Waals surface area contributed by atoms with E-state index in [1.165, 1.54) is 0 Å². The van der Waals surface area contributed by atoms with Gasteiger partial charge in [0.25, 0.3) is 0 Å². The van der Waals surface area contributed by atoms with Gasteiger partial charge in [-0.05, 0) is 34.5 Å². The molecule has 0 unspecified atom stereocenters. The molecule has 0 aliphatic rings. The van der Waals surface area contributed by atoms with Crippen LogP contribution in [0.25, 0.3) is 11.4 Å². The quantitative estimate of drug-likeness (QED) is 0.893. The minimum atomic E-state index is 0.654. The molecule has 5 heteroatoms. The van der Waals surface area contributed by atoms with Crippen molar-refractivity contribution in [2.24, 2.45) is 5.92 Å². The molecule has 2 N–H and O–H groups in total. The molecule has 0 saturated heterocycles. The first kappa shape index (κ1) is 13.2. The van der Waals surface area contributed by atoms with Gasteiger partial charge in [0.2, 0.25) is 0 Å². The molecule has 2 heterocycles. The number of pyridine rings is 1. The molecule has 2 rings (SSSR count). The van der Waals surface area contributed by atoms with Gasteiger partial charge in [-0.3, -0.25) is 4.98 Å². The fraction of sp³-hybridized carbons (Fsp3) is 0.385. The maximum absolute atomic E-state index is 4.37. The van der Waals surface area contributed by atoms with Gasteiger partial charge in [-0.1, -0.05) is 13.8 Å². The smallest absolute Gasteiger partial charge is 0.139 e. The number of H-pyrrole nitrogens is 1. The van der Waals surface area contributed by atoms with Crippen LogP contribution in [0.3, 0.4) is 0 Å². The Morgan fingerprint density at radius 2 is 2.17 bits per heavy atom. The van der Waals surface area contributed by atoms with Crippen LogP contribution in [0.4, 0.5) is 0 Å². The van der Waals surface area contributed by atoms with Gasteiger partial charge in [0, 0.05) is 40.9 Å². The van der Waals surface area contributed by atoms with Gasteiger partial charge in [0.15, 0.2) is 0 Å². The van der Waals surface area contributed by atoms with Gasteiger partial charge < -0.3 is 10.3 Å². The summed E-state index contributed by atoms with van der Waals surface area (Å²) in [5, 5.41) is 3.38. The average molecular weight is 309 g/mol. The molecule has 0 radical (unpaired) electrons. The van der Waals surface area contributed by atoms with Crippen molar-refractivity contribution in [1.82, 2.24) is 20.3 Å². The highest BCUT2D eigenvalue weighted by Gasteiger charge is 2.04. The van der Waals surface area contributed by atoms with Gasteiger partial charge in [0.05, 0.1) is 0 Å². The predicted octanol–water partition coefficient (Wildman–Crippen LogP) is 2.98. The molecule has 0 fully saturated rings. The lowest BCUT2D eigenvalue weighted by Crippen LogP contribution is -2.19. The third kappa shape index (κ3) is 3.65. The first-order valence-corrected chi connectivity index (χ1v) is 6.80. The van der Waals surface area contributed by atoms with Gasteiger partial charge in [-0.25, -0.2) is 4.98 Å². The standard InChI is InChI=1S/C13H17BrN4/c1-9(2)4-15-7-12-8-17-13(18-12)10-3-11(14)6-16-5-10/h3,5-6,8-9,15H,4,7H2,1-2H3,(H,17,18). The number of nitrogens with one attached hydrogen (secondary N) is 2. The molecular weight excluding hydrogens is 292 g/mol. The van der Waals surface area contributed by atoms with Crippen molar-refractivity contribution in [1.29, 1.82) is 0 Å². The molecular formula is C13H17BrN4. The highest BCUT2D eigenvalue weighted by Crippen LogP contribution is 2.18. The Morgan fingerprint density at radius 3 is 2.89 bits per heavy atom. The first-order valence-electron chi connectivity index (χ1n) is 6.00. The topological polar surface area (TPSA) is 53.6 Å². The summed E-state index contributed by atoms with van der Waals surface area (Å²) in [4.78, 5) is 11.8. The minimum absolute atomic E-state index is 0.654. The van der Waals surface area contributed by atoms with Crippen molar-refractivity contribution in [3.8, 4) is 11.4 Å². The number of hydrogen-bond acceptors (Lipinski definition) is 3. The first-order chi connectivity index (χ1) is 8.65. The Morgan fingerprint density at radius 1 is 1.33 bits per heavy atom. The Hall–Kier alpha value is -1.20. The number of nitrogens with zero attached hydrogens (tertiary/aromatic N) is 2. The van der Waals surface area contributed by atoms with E-state index < -0.39 is 0 Å². The Kier molecular flexibility index (Phi) is 4.49. The Balaban J connectivity index is 2.02. The summed E-state index contributed by atoms with van der Waals surface area (Å²) >= 11 is 3.41. The van der Waals surface area contributed by atoms with Crippen molar-refractivity contribution in [3.63, 3.8) is 0 Å². The maximum Gasteiger partial charge on any atom is 0.139 e. The molecule has 2 aromatic rings. The van der Waals surface area contributed by atoms with Gasteiger partial charge in [0.1, 0.15) is 5.82 Å². The second kappa shape index (κ2) is 6.11. The molecule has 4 nitrogen and oxygen atoms in total. The van der Waals surface area contributed by atoms with Crippen LogP contribution in [0, 0.1) is 5.92 Å². The Bertz CT molecular complexity index is 507. The number of hydrogen-bond donors (Lipinski definition) is 2. The Labute approximate surface area is 115 Å². The molecule has 96 valence electrons. The largest absolute Gasteiger partial charge is 0.341 e.